The molecule has 32 heavy (non-hydrogen) atoms. The van der Waals surface area contributed by atoms with Gasteiger partial charge < -0.3 is 26.1 Å². The van der Waals surface area contributed by atoms with Crippen molar-refractivity contribution in [2.45, 2.75) is 38.8 Å². The summed E-state index contributed by atoms with van der Waals surface area (Å²) in [6, 6.07) is 12.1. The van der Waals surface area contributed by atoms with Crippen LogP contribution in [0.15, 0.2) is 48.8 Å². The van der Waals surface area contributed by atoms with E-state index in [0.29, 0.717) is 18.3 Å². The number of nitrogens with two attached hydrogens (primary N) is 1. The molecule has 1 aromatic carbocycles. The number of hydrogen-bond donors (Lipinski definition) is 4. The first kappa shape index (κ1) is 22.0. The first-order valence-electron chi connectivity index (χ1n) is 11.1. The van der Waals surface area contributed by atoms with Gasteiger partial charge in [-0.15, -0.1) is 0 Å². The molecule has 0 aliphatic carbocycles. The van der Waals surface area contributed by atoms with Gasteiger partial charge in [0.2, 0.25) is 0 Å². The molecule has 1 atom stereocenters. The topological polar surface area (TPSA) is 105 Å². The standard InChI is InChI=1S/C25H31N5O2/c1-16-4-3-5-18(10-16)23(13-26)30-25(31)22-11-19(15-27-22)21-12-24(28-14-17(21)2)29-20-6-8-32-9-7-20/h3-5,10-12,14-15,20,23,27H,6-9,13,26H2,1-2H3,(H,28,29)(H,30,31). The van der Waals surface area contributed by atoms with Gasteiger partial charge in [0.05, 0.1) is 6.04 Å². The maximum atomic E-state index is 12.9. The number of aryl methyl sites for hydroxylation is 2. The third kappa shape index (κ3) is 5.18. The average Bonchev–Trinajstić information content (AvgIpc) is 3.29. The first-order chi connectivity index (χ1) is 15.5. The van der Waals surface area contributed by atoms with Gasteiger partial charge in [0.15, 0.2) is 0 Å². The van der Waals surface area contributed by atoms with Crippen LogP contribution < -0.4 is 16.4 Å². The molecule has 0 saturated carbocycles. The van der Waals surface area contributed by atoms with E-state index < -0.39 is 0 Å². The number of H-pyrrole nitrogens is 1. The average molecular weight is 434 g/mol. The van der Waals surface area contributed by atoms with Gasteiger partial charge in [-0.3, -0.25) is 4.79 Å². The van der Waals surface area contributed by atoms with Crippen molar-refractivity contribution in [2.75, 3.05) is 25.1 Å². The van der Waals surface area contributed by atoms with Crippen molar-refractivity contribution in [3.63, 3.8) is 0 Å². The number of pyridine rings is 1. The number of carbonyl (C=O) groups is 1. The fraction of sp³-hybridized carbons (Fsp3) is 0.360. The Balaban J connectivity index is 1.49. The van der Waals surface area contributed by atoms with Crippen LogP contribution in [-0.4, -0.2) is 41.7 Å². The molecule has 0 radical (unpaired) electrons. The SMILES string of the molecule is Cc1cccc(C(CN)NC(=O)c2cc(-c3cc(NC4CCOCC4)ncc3C)c[nH]2)c1. The van der Waals surface area contributed by atoms with Crippen LogP contribution in [0.25, 0.3) is 11.1 Å². The highest BCUT2D eigenvalue weighted by molar-refractivity contribution is 5.94. The number of aromatic amines is 1. The van der Waals surface area contributed by atoms with Crippen LogP contribution >= 0.6 is 0 Å². The lowest BCUT2D eigenvalue weighted by Gasteiger charge is -2.24. The molecule has 4 rings (SSSR count). The molecule has 3 aromatic rings. The Kier molecular flexibility index (Phi) is 6.87. The lowest BCUT2D eigenvalue weighted by molar-refractivity contribution is 0.0903. The highest BCUT2D eigenvalue weighted by Gasteiger charge is 2.18. The molecule has 1 aliphatic heterocycles. The highest BCUT2D eigenvalue weighted by atomic mass is 16.5. The maximum Gasteiger partial charge on any atom is 0.268 e. The Hall–Kier alpha value is -3.16. The Morgan fingerprint density at radius 2 is 2.06 bits per heavy atom. The summed E-state index contributed by atoms with van der Waals surface area (Å²) in [5.41, 5.74) is 11.6. The Morgan fingerprint density at radius 1 is 1.25 bits per heavy atom. The van der Waals surface area contributed by atoms with E-state index in [-0.39, 0.29) is 11.9 Å². The monoisotopic (exact) mass is 433 g/mol. The molecule has 3 heterocycles. The molecule has 1 saturated heterocycles. The number of aromatic nitrogens is 2. The highest BCUT2D eigenvalue weighted by Crippen LogP contribution is 2.27. The summed E-state index contributed by atoms with van der Waals surface area (Å²) in [4.78, 5) is 20.5. The number of ether oxygens (including phenoxy) is 1. The molecule has 1 fully saturated rings. The molecule has 1 unspecified atom stereocenters. The van der Waals surface area contributed by atoms with Crippen molar-refractivity contribution in [1.82, 2.24) is 15.3 Å². The molecule has 0 spiro atoms. The molecular formula is C25H31N5O2. The molecule has 7 heteroatoms. The Bertz CT molecular complexity index is 1070. The largest absolute Gasteiger partial charge is 0.381 e. The summed E-state index contributed by atoms with van der Waals surface area (Å²) < 4.78 is 5.43. The summed E-state index contributed by atoms with van der Waals surface area (Å²) in [6.45, 7) is 5.93. The number of hydrogen-bond acceptors (Lipinski definition) is 5. The number of nitrogens with one attached hydrogen (secondary N) is 3. The van der Waals surface area contributed by atoms with Crippen molar-refractivity contribution < 1.29 is 9.53 Å². The molecular weight excluding hydrogens is 402 g/mol. The summed E-state index contributed by atoms with van der Waals surface area (Å²) in [7, 11) is 0. The van der Waals surface area contributed by atoms with Crippen molar-refractivity contribution >= 4 is 11.7 Å². The van der Waals surface area contributed by atoms with Crippen LogP contribution in [0.4, 0.5) is 5.82 Å². The van der Waals surface area contributed by atoms with Gasteiger partial charge in [-0.1, -0.05) is 29.8 Å². The second-order valence-electron chi connectivity index (χ2n) is 8.39. The summed E-state index contributed by atoms with van der Waals surface area (Å²) in [5, 5.41) is 6.55. The van der Waals surface area contributed by atoms with Gasteiger partial charge in [-0.2, -0.15) is 0 Å². The van der Waals surface area contributed by atoms with Gasteiger partial charge >= 0.3 is 0 Å². The summed E-state index contributed by atoms with van der Waals surface area (Å²) in [5.74, 6) is 0.660. The lowest BCUT2D eigenvalue weighted by atomic mass is 10.0. The third-order valence-electron chi connectivity index (χ3n) is 5.90. The van der Waals surface area contributed by atoms with Crippen LogP contribution in [0.1, 0.15) is 46.1 Å². The van der Waals surface area contributed by atoms with Gasteiger partial charge in [-0.25, -0.2) is 4.98 Å². The van der Waals surface area contributed by atoms with Gasteiger partial charge in [0.1, 0.15) is 11.5 Å². The van der Waals surface area contributed by atoms with E-state index in [9.17, 15) is 4.79 Å². The zero-order chi connectivity index (χ0) is 22.5. The lowest BCUT2D eigenvalue weighted by Crippen LogP contribution is -2.33. The van der Waals surface area contributed by atoms with Gasteiger partial charge in [-0.05, 0) is 55.5 Å². The smallest absolute Gasteiger partial charge is 0.268 e. The second-order valence-corrected chi connectivity index (χ2v) is 8.39. The number of carbonyl (C=O) groups excluding carboxylic acids is 1. The van der Waals surface area contributed by atoms with Gasteiger partial charge in [0, 0.05) is 43.8 Å². The number of amides is 1. The summed E-state index contributed by atoms with van der Waals surface area (Å²) >= 11 is 0. The molecule has 0 bridgehead atoms. The van der Waals surface area contributed by atoms with E-state index in [1.807, 2.05) is 62.6 Å². The summed E-state index contributed by atoms with van der Waals surface area (Å²) in [6.07, 6.45) is 5.68. The quantitative estimate of drug-likeness (QED) is 0.455. The predicted octanol–water partition coefficient (Wildman–Crippen LogP) is 3.71. The number of benzene rings is 1. The molecule has 5 N–H and O–H groups in total. The Labute approximate surface area is 188 Å². The van der Waals surface area contributed by atoms with Crippen molar-refractivity contribution in [2.24, 2.45) is 5.73 Å². The van der Waals surface area contributed by atoms with Crippen LogP contribution in [-0.2, 0) is 4.74 Å². The second kappa shape index (κ2) is 9.97. The normalized spacial score (nSPS) is 15.3. The van der Waals surface area contributed by atoms with Crippen molar-refractivity contribution in [1.29, 1.82) is 0 Å². The minimum atomic E-state index is -0.243. The van der Waals surface area contributed by atoms with E-state index >= 15 is 0 Å². The van der Waals surface area contributed by atoms with Gasteiger partial charge in [0.25, 0.3) is 5.91 Å². The number of nitrogens with zero attached hydrogens (tertiary/aromatic N) is 1. The van der Waals surface area contributed by atoms with Crippen LogP contribution in [0, 0.1) is 13.8 Å². The van der Waals surface area contributed by atoms with E-state index in [4.69, 9.17) is 10.5 Å². The van der Waals surface area contributed by atoms with Crippen molar-refractivity contribution in [3.05, 3.63) is 71.2 Å². The van der Waals surface area contributed by atoms with Crippen molar-refractivity contribution in [3.8, 4) is 11.1 Å². The molecule has 1 amide bonds. The maximum absolute atomic E-state index is 12.9. The van der Waals surface area contributed by atoms with E-state index in [1.165, 1.54) is 0 Å². The van der Waals surface area contributed by atoms with E-state index in [2.05, 4.69) is 20.6 Å². The van der Waals surface area contributed by atoms with Crippen LogP contribution in [0.5, 0.6) is 0 Å². The molecule has 168 valence electrons. The minimum absolute atomic E-state index is 0.180. The van der Waals surface area contributed by atoms with E-state index in [1.54, 1.807) is 0 Å². The fourth-order valence-electron chi connectivity index (χ4n) is 4.05. The van der Waals surface area contributed by atoms with Crippen LogP contribution in [0.2, 0.25) is 0 Å². The Morgan fingerprint density at radius 3 is 2.81 bits per heavy atom. The number of anilines is 1. The minimum Gasteiger partial charge on any atom is -0.381 e. The first-order valence-corrected chi connectivity index (χ1v) is 11.1. The van der Waals surface area contributed by atoms with E-state index in [0.717, 1.165) is 59.7 Å². The molecule has 1 aliphatic rings. The number of rotatable bonds is 7. The fourth-order valence-corrected chi connectivity index (χ4v) is 4.05. The zero-order valence-electron chi connectivity index (χ0n) is 18.7. The predicted molar refractivity (Wildman–Crippen MR) is 127 cm³/mol. The zero-order valence-corrected chi connectivity index (χ0v) is 18.7. The molecule has 7 nitrogen and oxygen atoms in total. The third-order valence-corrected chi connectivity index (χ3v) is 5.90. The molecule has 2 aromatic heterocycles. The van der Waals surface area contributed by atoms with Crippen LogP contribution in [0.3, 0.4) is 0 Å².